The standard InChI is InChI=1S/C20H29N5OS/c1-6-21-20(25(5)13-18-14-27-15(2)23-18)22-11-10-16-8-7-9-17(12-16)19(26)24(3)4/h7-9,12,14H,6,10-11,13H2,1-5H3,(H,21,22). The topological polar surface area (TPSA) is 60.8 Å². The van der Waals surface area contributed by atoms with Gasteiger partial charge in [-0.3, -0.25) is 9.79 Å². The summed E-state index contributed by atoms with van der Waals surface area (Å²) < 4.78 is 0. The van der Waals surface area contributed by atoms with Crippen molar-refractivity contribution in [3.05, 3.63) is 51.5 Å². The minimum absolute atomic E-state index is 0.0204. The van der Waals surface area contributed by atoms with E-state index in [1.54, 1.807) is 30.3 Å². The summed E-state index contributed by atoms with van der Waals surface area (Å²) in [5, 5.41) is 6.49. The van der Waals surface area contributed by atoms with Crippen LogP contribution in [0.4, 0.5) is 0 Å². The number of nitrogens with one attached hydrogen (secondary N) is 1. The van der Waals surface area contributed by atoms with Gasteiger partial charge in [-0.2, -0.15) is 0 Å². The summed E-state index contributed by atoms with van der Waals surface area (Å²) in [5.74, 6) is 0.885. The second kappa shape index (κ2) is 10.1. The maximum Gasteiger partial charge on any atom is 0.253 e. The van der Waals surface area contributed by atoms with Crippen LogP contribution < -0.4 is 5.32 Å². The highest BCUT2D eigenvalue weighted by Gasteiger charge is 2.10. The predicted molar refractivity (Wildman–Crippen MR) is 112 cm³/mol. The molecule has 1 aromatic carbocycles. The number of aliphatic imine (C=N–C) groups is 1. The Balaban J connectivity index is 2.00. The molecule has 1 heterocycles. The molecule has 7 heteroatoms. The fourth-order valence-electron chi connectivity index (χ4n) is 2.68. The van der Waals surface area contributed by atoms with E-state index in [1.165, 1.54) is 0 Å². The molecule has 1 aromatic heterocycles. The van der Waals surface area contributed by atoms with E-state index in [-0.39, 0.29) is 5.91 Å². The van der Waals surface area contributed by atoms with Gasteiger partial charge >= 0.3 is 0 Å². The lowest BCUT2D eigenvalue weighted by Crippen LogP contribution is -2.38. The third kappa shape index (κ3) is 6.36. The maximum absolute atomic E-state index is 12.1. The van der Waals surface area contributed by atoms with Gasteiger partial charge < -0.3 is 15.1 Å². The Morgan fingerprint density at radius 3 is 2.70 bits per heavy atom. The Morgan fingerprint density at radius 2 is 2.07 bits per heavy atom. The SMILES string of the molecule is CCNC(=NCCc1cccc(C(=O)N(C)C)c1)N(C)Cc1csc(C)n1. The third-order valence-corrected chi connectivity index (χ3v) is 4.83. The first-order chi connectivity index (χ1) is 12.9. The van der Waals surface area contributed by atoms with Crippen LogP contribution >= 0.6 is 11.3 Å². The minimum atomic E-state index is 0.0204. The average Bonchev–Trinajstić information content (AvgIpc) is 3.05. The number of guanidine groups is 1. The Bertz CT molecular complexity index is 784. The molecular weight excluding hydrogens is 358 g/mol. The monoisotopic (exact) mass is 387 g/mol. The summed E-state index contributed by atoms with van der Waals surface area (Å²) in [4.78, 5) is 25.0. The molecule has 1 amide bonds. The number of amides is 1. The minimum Gasteiger partial charge on any atom is -0.357 e. The zero-order chi connectivity index (χ0) is 19.8. The van der Waals surface area contributed by atoms with Gasteiger partial charge in [0.05, 0.1) is 17.2 Å². The van der Waals surface area contributed by atoms with E-state index >= 15 is 0 Å². The number of thiazole rings is 1. The molecule has 2 rings (SSSR count). The zero-order valence-electron chi connectivity index (χ0n) is 16.8. The van der Waals surface area contributed by atoms with E-state index in [0.29, 0.717) is 12.1 Å². The van der Waals surface area contributed by atoms with Crippen LogP contribution in [0.1, 0.15) is 33.5 Å². The molecule has 0 atom stereocenters. The van der Waals surface area contributed by atoms with Crippen LogP contribution in [0, 0.1) is 6.92 Å². The summed E-state index contributed by atoms with van der Waals surface area (Å²) in [6.07, 6.45) is 0.785. The molecule has 1 N–H and O–H groups in total. The normalized spacial score (nSPS) is 11.4. The van der Waals surface area contributed by atoms with Gasteiger partial charge in [0.1, 0.15) is 0 Å². The molecule has 146 valence electrons. The van der Waals surface area contributed by atoms with E-state index in [4.69, 9.17) is 4.99 Å². The first-order valence-corrected chi connectivity index (χ1v) is 9.99. The van der Waals surface area contributed by atoms with Crippen LogP contribution in [0.5, 0.6) is 0 Å². The van der Waals surface area contributed by atoms with Gasteiger partial charge in [0.15, 0.2) is 5.96 Å². The summed E-state index contributed by atoms with van der Waals surface area (Å²) in [5.41, 5.74) is 2.88. The second-order valence-electron chi connectivity index (χ2n) is 6.60. The molecule has 0 spiro atoms. The summed E-state index contributed by atoms with van der Waals surface area (Å²) in [6.45, 7) is 6.27. The van der Waals surface area contributed by atoms with Crippen molar-refractivity contribution in [2.24, 2.45) is 4.99 Å². The van der Waals surface area contributed by atoms with Crippen LogP contribution in [0.25, 0.3) is 0 Å². The lowest BCUT2D eigenvalue weighted by Gasteiger charge is -2.21. The second-order valence-corrected chi connectivity index (χ2v) is 7.66. The molecule has 0 fully saturated rings. The zero-order valence-corrected chi connectivity index (χ0v) is 17.6. The quantitative estimate of drug-likeness (QED) is 0.586. The van der Waals surface area contributed by atoms with Crippen LogP contribution in [-0.2, 0) is 13.0 Å². The fraction of sp³-hybridized carbons (Fsp3) is 0.450. The Morgan fingerprint density at radius 1 is 1.30 bits per heavy atom. The highest BCUT2D eigenvalue weighted by atomic mass is 32.1. The Hall–Kier alpha value is -2.41. The molecule has 2 aromatic rings. The van der Waals surface area contributed by atoms with E-state index in [1.807, 2.05) is 38.2 Å². The highest BCUT2D eigenvalue weighted by Crippen LogP contribution is 2.10. The molecule has 0 aliphatic heterocycles. The number of benzene rings is 1. The van der Waals surface area contributed by atoms with Crippen molar-refractivity contribution in [1.82, 2.24) is 20.1 Å². The van der Waals surface area contributed by atoms with Gasteiger partial charge in [0.25, 0.3) is 5.91 Å². The van der Waals surface area contributed by atoms with E-state index in [9.17, 15) is 4.79 Å². The molecule has 0 saturated carbocycles. The maximum atomic E-state index is 12.1. The molecule has 0 aliphatic rings. The van der Waals surface area contributed by atoms with Crippen LogP contribution in [0.2, 0.25) is 0 Å². The number of aromatic nitrogens is 1. The highest BCUT2D eigenvalue weighted by molar-refractivity contribution is 7.09. The van der Waals surface area contributed by atoms with Crippen LogP contribution in [0.15, 0.2) is 34.6 Å². The molecular formula is C20H29N5OS. The van der Waals surface area contributed by atoms with Crippen LogP contribution in [0.3, 0.4) is 0 Å². The number of carbonyl (C=O) groups excluding carboxylic acids is 1. The molecule has 0 aliphatic carbocycles. The summed E-state index contributed by atoms with van der Waals surface area (Å²) in [6, 6.07) is 7.77. The first kappa shape index (κ1) is 20.9. The molecule has 27 heavy (non-hydrogen) atoms. The van der Waals surface area contributed by atoms with Gasteiger partial charge in [-0.25, -0.2) is 4.98 Å². The lowest BCUT2D eigenvalue weighted by atomic mass is 10.1. The van der Waals surface area contributed by atoms with E-state index < -0.39 is 0 Å². The molecule has 0 radical (unpaired) electrons. The van der Waals surface area contributed by atoms with Gasteiger partial charge in [-0.05, 0) is 38.0 Å². The Kier molecular flexibility index (Phi) is 7.79. The molecule has 0 saturated heterocycles. The van der Waals surface area contributed by atoms with E-state index in [2.05, 4.69) is 27.5 Å². The Labute approximate surface area is 165 Å². The van der Waals surface area contributed by atoms with Crippen LogP contribution in [-0.4, -0.2) is 60.9 Å². The summed E-state index contributed by atoms with van der Waals surface area (Å²) >= 11 is 1.66. The summed E-state index contributed by atoms with van der Waals surface area (Å²) in [7, 11) is 5.55. The van der Waals surface area contributed by atoms with Gasteiger partial charge in [-0.15, -0.1) is 11.3 Å². The number of carbonyl (C=O) groups is 1. The van der Waals surface area contributed by atoms with Crippen molar-refractivity contribution in [3.8, 4) is 0 Å². The third-order valence-electron chi connectivity index (χ3n) is 4.00. The molecule has 6 nitrogen and oxygen atoms in total. The van der Waals surface area contributed by atoms with E-state index in [0.717, 1.165) is 41.7 Å². The van der Waals surface area contributed by atoms with Crippen molar-refractivity contribution >= 4 is 23.2 Å². The van der Waals surface area contributed by atoms with Crippen molar-refractivity contribution in [2.45, 2.75) is 26.8 Å². The smallest absolute Gasteiger partial charge is 0.253 e. The van der Waals surface area contributed by atoms with Crippen molar-refractivity contribution in [1.29, 1.82) is 0 Å². The number of hydrogen-bond acceptors (Lipinski definition) is 4. The first-order valence-electron chi connectivity index (χ1n) is 9.11. The predicted octanol–water partition coefficient (Wildman–Crippen LogP) is 2.79. The molecule has 0 bridgehead atoms. The van der Waals surface area contributed by atoms with Crippen molar-refractivity contribution < 1.29 is 4.79 Å². The number of aryl methyl sites for hydroxylation is 1. The average molecular weight is 388 g/mol. The largest absolute Gasteiger partial charge is 0.357 e. The van der Waals surface area contributed by atoms with Gasteiger partial charge in [0.2, 0.25) is 0 Å². The number of nitrogens with zero attached hydrogens (tertiary/aromatic N) is 4. The van der Waals surface area contributed by atoms with Gasteiger partial charge in [0, 0.05) is 45.2 Å². The van der Waals surface area contributed by atoms with Crippen molar-refractivity contribution in [2.75, 3.05) is 34.2 Å². The fourth-order valence-corrected chi connectivity index (χ4v) is 3.28. The lowest BCUT2D eigenvalue weighted by molar-refractivity contribution is 0.0827. The number of hydrogen-bond donors (Lipinski definition) is 1. The molecule has 0 unspecified atom stereocenters. The van der Waals surface area contributed by atoms with Crippen molar-refractivity contribution in [3.63, 3.8) is 0 Å². The number of rotatable bonds is 7. The van der Waals surface area contributed by atoms with Gasteiger partial charge in [-0.1, -0.05) is 12.1 Å².